The normalized spacial score (nSPS) is 19.2. The average molecular weight is 357 g/mol. The molecule has 2 aliphatic carbocycles. The molecule has 0 radical (unpaired) electrons. The van der Waals surface area contributed by atoms with Gasteiger partial charge in [-0.3, -0.25) is 9.59 Å². The maximum Gasteiger partial charge on any atom is 0.224 e. The van der Waals surface area contributed by atoms with Gasteiger partial charge in [-0.25, -0.2) is 0 Å². The fourth-order valence-corrected chi connectivity index (χ4v) is 4.77. The predicted octanol–water partition coefficient (Wildman–Crippen LogP) is 5.06. The van der Waals surface area contributed by atoms with Gasteiger partial charge in [0.2, 0.25) is 11.8 Å². The molecule has 4 heteroatoms. The average Bonchev–Trinajstić information content (AvgIpc) is 2.64. The Hall–Kier alpha value is -1.84. The van der Waals surface area contributed by atoms with Crippen molar-refractivity contribution in [1.82, 2.24) is 0 Å². The number of anilines is 2. The topological polar surface area (TPSA) is 40.6 Å². The molecule has 0 atom stereocenters. The Bertz CT molecular complexity index is 580. The van der Waals surface area contributed by atoms with Gasteiger partial charge in [-0.15, -0.1) is 0 Å². The van der Waals surface area contributed by atoms with E-state index >= 15 is 0 Å². The highest BCUT2D eigenvalue weighted by Crippen LogP contribution is 2.33. The van der Waals surface area contributed by atoms with E-state index in [1.165, 1.54) is 38.5 Å². The lowest BCUT2D eigenvalue weighted by Crippen LogP contribution is -2.42. The Morgan fingerprint density at radius 2 is 1.12 bits per heavy atom. The van der Waals surface area contributed by atoms with Crippen molar-refractivity contribution >= 4 is 23.2 Å². The van der Waals surface area contributed by atoms with Crippen LogP contribution < -0.4 is 9.80 Å². The largest absolute Gasteiger partial charge is 0.310 e. The molecule has 2 fully saturated rings. The third-order valence-electron chi connectivity index (χ3n) is 5.94. The number of hydrogen-bond donors (Lipinski definition) is 0. The van der Waals surface area contributed by atoms with Crippen LogP contribution in [0.5, 0.6) is 0 Å². The fraction of sp³-hybridized carbons (Fsp3) is 0.636. The van der Waals surface area contributed by atoms with Crippen LogP contribution in [-0.4, -0.2) is 23.9 Å². The van der Waals surface area contributed by atoms with Crippen molar-refractivity contribution in [3.8, 4) is 0 Å². The maximum absolute atomic E-state index is 12.4. The molecule has 2 saturated carbocycles. The first kappa shape index (κ1) is 18.9. The molecule has 2 amide bonds. The van der Waals surface area contributed by atoms with E-state index in [1.54, 1.807) is 13.8 Å². The van der Waals surface area contributed by atoms with Crippen LogP contribution in [0.15, 0.2) is 24.3 Å². The van der Waals surface area contributed by atoms with E-state index in [-0.39, 0.29) is 23.9 Å². The van der Waals surface area contributed by atoms with Crippen molar-refractivity contribution in [2.24, 2.45) is 0 Å². The van der Waals surface area contributed by atoms with Crippen LogP contribution in [-0.2, 0) is 9.59 Å². The summed E-state index contributed by atoms with van der Waals surface area (Å²) in [7, 11) is 0. The maximum atomic E-state index is 12.4. The molecule has 0 aromatic heterocycles. The van der Waals surface area contributed by atoms with E-state index in [2.05, 4.69) is 0 Å². The first-order valence-electron chi connectivity index (χ1n) is 10.3. The number of carbonyl (C=O) groups excluding carboxylic acids is 2. The smallest absolute Gasteiger partial charge is 0.224 e. The van der Waals surface area contributed by atoms with Gasteiger partial charge >= 0.3 is 0 Å². The van der Waals surface area contributed by atoms with Gasteiger partial charge in [0, 0.05) is 37.3 Å². The number of hydrogen-bond acceptors (Lipinski definition) is 2. The van der Waals surface area contributed by atoms with Gasteiger partial charge in [0.15, 0.2) is 0 Å². The molecule has 3 rings (SSSR count). The molecular weight excluding hydrogens is 324 g/mol. The van der Waals surface area contributed by atoms with Crippen LogP contribution in [0, 0.1) is 0 Å². The van der Waals surface area contributed by atoms with Gasteiger partial charge in [-0.2, -0.15) is 0 Å². The second kappa shape index (κ2) is 8.70. The summed E-state index contributed by atoms with van der Waals surface area (Å²) >= 11 is 0. The highest BCUT2D eigenvalue weighted by atomic mass is 16.2. The quantitative estimate of drug-likeness (QED) is 0.757. The highest BCUT2D eigenvalue weighted by Gasteiger charge is 2.27. The summed E-state index contributed by atoms with van der Waals surface area (Å²) in [4.78, 5) is 28.7. The monoisotopic (exact) mass is 356 g/mol. The molecule has 0 unspecified atom stereocenters. The van der Waals surface area contributed by atoms with Gasteiger partial charge in [-0.05, 0) is 43.9 Å². The van der Waals surface area contributed by atoms with E-state index in [9.17, 15) is 9.59 Å². The first-order valence-corrected chi connectivity index (χ1v) is 10.3. The van der Waals surface area contributed by atoms with E-state index in [4.69, 9.17) is 0 Å². The first-order chi connectivity index (χ1) is 12.6. The van der Waals surface area contributed by atoms with Crippen molar-refractivity contribution in [2.45, 2.75) is 90.1 Å². The van der Waals surface area contributed by atoms with Crippen molar-refractivity contribution < 1.29 is 9.59 Å². The van der Waals surface area contributed by atoms with Crippen molar-refractivity contribution in [1.29, 1.82) is 0 Å². The van der Waals surface area contributed by atoms with Crippen LogP contribution >= 0.6 is 0 Å². The van der Waals surface area contributed by atoms with Crippen molar-refractivity contribution in [2.75, 3.05) is 9.80 Å². The Morgan fingerprint density at radius 1 is 0.731 bits per heavy atom. The highest BCUT2D eigenvalue weighted by molar-refractivity contribution is 5.95. The molecule has 4 nitrogen and oxygen atoms in total. The second-order valence-corrected chi connectivity index (χ2v) is 7.88. The van der Waals surface area contributed by atoms with Gasteiger partial charge in [0.1, 0.15) is 0 Å². The van der Waals surface area contributed by atoms with Crippen molar-refractivity contribution in [3.63, 3.8) is 0 Å². The summed E-state index contributed by atoms with van der Waals surface area (Å²) in [6.07, 6.45) is 11.6. The van der Waals surface area contributed by atoms with Crippen LogP contribution in [0.25, 0.3) is 0 Å². The molecule has 1 aromatic carbocycles. The Labute approximate surface area is 157 Å². The van der Waals surface area contributed by atoms with E-state index < -0.39 is 0 Å². The summed E-state index contributed by atoms with van der Waals surface area (Å²) in [5.74, 6) is 0.196. The fourth-order valence-electron chi connectivity index (χ4n) is 4.77. The number of amides is 2. The zero-order valence-electron chi connectivity index (χ0n) is 16.2. The lowest BCUT2D eigenvalue weighted by Gasteiger charge is -2.36. The molecule has 0 bridgehead atoms. The van der Waals surface area contributed by atoms with Crippen LogP contribution in [0.3, 0.4) is 0 Å². The Balaban J connectivity index is 1.89. The standard InChI is InChI=1S/C22H32N2O2/c1-17(25)23(19-10-5-3-6-11-19)21-14-9-15-22(16-21)24(18(2)26)20-12-7-4-8-13-20/h9,14-16,19-20H,3-8,10-13H2,1-2H3. The lowest BCUT2D eigenvalue weighted by molar-refractivity contribution is -0.117. The van der Waals surface area contributed by atoms with E-state index in [0.29, 0.717) is 0 Å². The molecule has 0 spiro atoms. The van der Waals surface area contributed by atoms with Gasteiger partial charge in [0.25, 0.3) is 0 Å². The zero-order chi connectivity index (χ0) is 18.5. The minimum Gasteiger partial charge on any atom is -0.310 e. The summed E-state index contributed by atoms with van der Waals surface area (Å²) in [5, 5.41) is 0. The zero-order valence-corrected chi connectivity index (χ0v) is 16.2. The lowest BCUT2D eigenvalue weighted by atomic mass is 9.93. The number of rotatable bonds is 4. The summed E-state index contributed by atoms with van der Waals surface area (Å²) < 4.78 is 0. The Kier molecular flexibility index (Phi) is 6.33. The molecule has 0 N–H and O–H groups in total. The number of benzene rings is 1. The molecule has 0 saturated heterocycles. The molecule has 0 aliphatic heterocycles. The third-order valence-corrected chi connectivity index (χ3v) is 5.94. The van der Waals surface area contributed by atoms with E-state index in [0.717, 1.165) is 37.1 Å². The minimum absolute atomic E-state index is 0.0982. The SMILES string of the molecule is CC(=O)N(c1cccc(N(C(C)=O)C2CCCCC2)c1)C1CCCCC1. The molecule has 26 heavy (non-hydrogen) atoms. The molecular formula is C22H32N2O2. The Morgan fingerprint density at radius 3 is 1.46 bits per heavy atom. The number of carbonyl (C=O) groups is 2. The third kappa shape index (κ3) is 4.28. The number of nitrogens with zero attached hydrogens (tertiary/aromatic N) is 2. The summed E-state index contributed by atoms with van der Waals surface area (Å²) in [6, 6.07) is 8.64. The second-order valence-electron chi connectivity index (χ2n) is 7.88. The minimum atomic E-state index is 0.0982. The van der Waals surface area contributed by atoms with Gasteiger partial charge in [-0.1, -0.05) is 44.6 Å². The molecule has 142 valence electrons. The molecule has 1 aromatic rings. The van der Waals surface area contributed by atoms with Gasteiger partial charge < -0.3 is 9.80 Å². The molecule has 0 heterocycles. The van der Waals surface area contributed by atoms with Crippen LogP contribution in [0.4, 0.5) is 11.4 Å². The van der Waals surface area contributed by atoms with Crippen LogP contribution in [0.2, 0.25) is 0 Å². The van der Waals surface area contributed by atoms with E-state index in [1.807, 2.05) is 34.1 Å². The summed E-state index contributed by atoms with van der Waals surface area (Å²) in [6.45, 7) is 3.32. The van der Waals surface area contributed by atoms with Crippen molar-refractivity contribution in [3.05, 3.63) is 24.3 Å². The predicted molar refractivity (Wildman–Crippen MR) is 107 cm³/mol. The van der Waals surface area contributed by atoms with Crippen LogP contribution in [0.1, 0.15) is 78.1 Å². The molecule has 2 aliphatic rings. The summed E-state index contributed by atoms with van der Waals surface area (Å²) in [5.41, 5.74) is 1.87. The van der Waals surface area contributed by atoms with Gasteiger partial charge in [0.05, 0.1) is 0 Å².